The summed E-state index contributed by atoms with van der Waals surface area (Å²) in [6.07, 6.45) is 0.845. The quantitative estimate of drug-likeness (QED) is 0.680. The van der Waals surface area contributed by atoms with Crippen molar-refractivity contribution in [3.8, 4) is 0 Å². The van der Waals surface area contributed by atoms with Crippen LogP contribution in [0.2, 0.25) is 5.02 Å². The molecule has 1 aliphatic heterocycles. The number of amides is 4. The minimum atomic E-state index is -1.21. The number of urea groups is 1. The van der Waals surface area contributed by atoms with Gasteiger partial charge in [0.2, 0.25) is 5.91 Å². The van der Waals surface area contributed by atoms with Crippen LogP contribution < -0.4 is 10.6 Å². The zero-order chi connectivity index (χ0) is 21.0. The molecule has 2 aromatic rings. The summed E-state index contributed by atoms with van der Waals surface area (Å²) in [4.78, 5) is 38.6. The molecule has 6 nitrogen and oxygen atoms in total. The molecule has 0 aliphatic carbocycles. The summed E-state index contributed by atoms with van der Waals surface area (Å²) >= 11 is 5.92. The van der Waals surface area contributed by atoms with Crippen molar-refractivity contribution < 1.29 is 18.8 Å². The molecular weight excluding hydrogens is 397 g/mol. The van der Waals surface area contributed by atoms with E-state index in [2.05, 4.69) is 10.6 Å². The second-order valence-electron chi connectivity index (χ2n) is 6.81. The predicted molar refractivity (Wildman–Crippen MR) is 107 cm³/mol. The maximum atomic E-state index is 13.0. The number of nitrogens with zero attached hydrogens (tertiary/aromatic N) is 1. The van der Waals surface area contributed by atoms with Crippen LogP contribution in [0.15, 0.2) is 48.5 Å². The Labute approximate surface area is 173 Å². The van der Waals surface area contributed by atoms with Gasteiger partial charge in [0.1, 0.15) is 17.9 Å². The number of rotatable bonds is 7. The molecule has 3 rings (SSSR count). The van der Waals surface area contributed by atoms with Crippen LogP contribution in [0.3, 0.4) is 0 Å². The number of carbonyl (C=O) groups excluding carboxylic acids is 3. The smallest absolute Gasteiger partial charge is 0.325 e. The van der Waals surface area contributed by atoms with Gasteiger partial charge >= 0.3 is 6.03 Å². The van der Waals surface area contributed by atoms with E-state index in [1.807, 2.05) is 0 Å². The van der Waals surface area contributed by atoms with E-state index >= 15 is 0 Å². The zero-order valence-corrected chi connectivity index (χ0v) is 16.6. The fourth-order valence-corrected chi connectivity index (χ4v) is 3.47. The third-order valence-electron chi connectivity index (χ3n) is 4.99. The number of hydrogen-bond acceptors (Lipinski definition) is 3. The van der Waals surface area contributed by atoms with Gasteiger partial charge in [0.25, 0.3) is 5.91 Å². The molecule has 0 saturated carbocycles. The van der Waals surface area contributed by atoms with Gasteiger partial charge in [-0.2, -0.15) is 0 Å². The Morgan fingerprint density at radius 3 is 2.41 bits per heavy atom. The highest BCUT2D eigenvalue weighted by Gasteiger charge is 2.51. The van der Waals surface area contributed by atoms with Crippen LogP contribution in [-0.4, -0.2) is 35.8 Å². The molecule has 29 heavy (non-hydrogen) atoms. The Morgan fingerprint density at radius 1 is 1.14 bits per heavy atom. The highest BCUT2D eigenvalue weighted by Crippen LogP contribution is 2.32. The number of nitrogens with one attached hydrogen (secondary N) is 2. The van der Waals surface area contributed by atoms with Crippen LogP contribution in [0.25, 0.3) is 0 Å². The number of benzene rings is 2. The molecule has 1 heterocycles. The summed E-state index contributed by atoms with van der Waals surface area (Å²) in [5.74, 6) is -1.24. The van der Waals surface area contributed by atoms with Gasteiger partial charge in [-0.15, -0.1) is 0 Å². The van der Waals surface area contributed by atoms with Crippen LogP contribution in [0.5, 0.6) is 0 Å². The number of halogens is 2. The van der Waals surface area contributed by atoms with Crippen LogP contribution in [-0.2, 0) is 21.5 Å². The molecule has 0 spiro atoms. The van der Waals surface area contributed by atoms with Crippen molar-refractivity contribution in [1.82, 2.24) is 15.5 Å². The van der Waals surface area contributed by atoms with Gasteiger partial charge < -0.3 is 10.6 Å². The largest absolute Gasteiger partial charge is 0.354 e. The van der Waals surface area contributed by atoms with Gasteiger partial charge in [-0.1, -0.05) is 42.8 Å². The Kier molecular flexibility index (Phi) is 6.17. The lowest BCUT2D eigenvalue weighted by molar-refractivity contribution is -0.135. The van der Waals surface area contributed by atoms with Crippen molar-refractivity contribution >= 4 is 29.4 Å². The lowest BCUT2D eigenvalue weighted by Crippen LogP contribution is -2.45. The molecule has 2 N–H and O–H groups in total. The summed E-state index contributed by atoms with van der Waals surface area (Å²) in [5, 5.41) is 5.93. The van der Waals surface area contributed by atoms with Gasteiger partial charge in [0.05, 0.1) is 0 Å². The number of imide groups is 1. The average Bonchev–Trinajstić information content (AvgIpc) is 2.95. The SMILES string of the molecule is CCC1(c2ccc(Cl)cc2)NC(=O)N(CC(=O)NCCc2ccc(F)cc2)C1=O. The van der Waals surface area contributed by atoms with Crippen molar-refractivity contribution in [1.29, 1.82) is 0 Å². The summed E-state index contributed by atoms with van der Waals surface area (Å²) in [5.41, 5.74) is 0.271. The van der Waals surface area contributed by atoms with E-state index in [9.17, 15) is 18.8 Å². The zero-order valence-electron chi connectivity index (χ0n) is 15.9. The van der Waals surface area contributed by atoms with E-state index < -0.39 is 23.4 Å². The molecule has 8 heteroatoms. The Balaban J connectivity index is 1.62. The summed E-state index contributed by atoms with van der Waals surface area (Å²) < 4.78 is 12.9. The predicted octanol–water partition coefficient (Wildman–Crippen LogP) is 3.00. The third kappa shape index (κ3) is 4.40. The van der Waals surface area contributed by atoms with Crippen LogP contribution >= 0.6 is 11.6 Å². The molecule has 1 unspecified atom stereocenters. The Bertz CT molecular complexity index is 918. The topological polar surface area (TPSA) is 78.5 Å². The van der Waals surface area contributed by atoms with Crippen LogP contribution in [0, 0.1) is 5.82 Å². The second-order valence-corrected chi connectivity index (χ2v) is 7.25. The van der Waals surface area contributed by atoms with Gasteiger partial charge in [0.15, 0.2) is 0 Å². The molecule has 0 radical (unpaired) electrons. The minimum absolute atomic E-state index is 0.310. The molecule has 2 aromatic carbocycles. The Morgan fingerprint density at radius 2 is 1.79 bits per heavy atom. The van der Waals surface area contributed by atoms with E-state index in [0.717, 1.165) is 10.5 Å². The van der Waals surface area contributed by atoms with Gasteiger partial charge in [0, 0.05) is 11.6 Å². The molecular formula is C21H21ClFN3O3. The van der Waals surface area contributed by atoms with E-state index in [0.29, 0.717) is 30.0 Å². The fraction of sp³-hybridized carbons (Fsp3) is 0.286. The highest BCUT2D eigenvalue weighted by molar-refractivity contribution is 6.30. The van der Waals surface area contributed by atoms with E-state index in [4.69, 9.17) is 11.6 Å². The molecule has 1 atom stereocenters. The maximum Gasteiger partial charge on any atom is 0.325 e. The standard InChI is InChI=1S/C21H21ClFN3O3/c1-2-21(15-5-7-16(22)8-6-15)19(28)26(20(29)25-21)13-18(27)24-12-11-14-3-9-17(23)10-4-14/h3-10H,2,11-13H2,1H3,(H,24,27)(H,25,29). The van der Waals surface area contributed by atoms with Crippen molar-refractivity contribution in [2.45, 2.75) is 25.3 Å². The summed E-state index contributed by atoms with van der Waals surface area (Å²) in [6.45, 7) is 1.73. The minimum Gasteiger partial charge on any atom is -0.354 e. The summed E-state index contributed by atoms with van der Waals surface area (Å²) in [7, 11) is 0. The first-order chi connectivity index (χ1) is 13.9. The van der Waals surface area contributed by atoms with Crippen molar-refractivity contribution in [3.63, 3.8) is 0 Å². The Hall–Kier alpha value is -2.93. The first kappa shape index (κ1) is 20.8. The van der Waals surface area contributed by atoms with Crippen LogP contribution in [0.1, 0.15) is 24.5 Å². The third-order valence-corrected chi connectivity index (χ3v) is 5.25. The second kappa shape index (κ2) is 8.61. The van der Waals surface area contributed by atoms with Gasteiger partial charge in [-0.3, -0.25) is 14.5 Å². The maximum absolute atomic E-state index is 13.0. The van der Waals surface area contributed by atoms with Crippen molar-refractivity contribution in [2.75, 3.05) is 13.1 Å². The molecule has 1 fully saturated rings. The highest BCUT2D eigenvalue weighted by atomic mass is 35.5. The molecule has 1 saturated heterocycles. The van der Waals surface area contributed by atoms with Gasteiger partial charge in [-0.05, 0) is 48.2 Å². The first-order valence-corrected chi connectivity index (χ1v) is 9.65. The monoisotopic (exact) mass is 417 g/mol. The van der Waals surface area contributed by atoms with Gasteiger partial charge in [-0.25, -0.2) is 9.18 Å². The number of carbonyl (C=O) groups is 3. The number of hydrogen-bond donors (Lipinski definition) is 2. The molecule has 4 amide bonds. The first-order valence-electron chi connectivity index (χ1n) is 9.27. The molecule has 1 aliphatic rings. The lowest BCUT2D eigenvalue weighted by atomic mass is 9.87. The molecule has 0 bridgehead atoms. The summed E-state index contributed by atoms with van der Waals surface area (Å²) in [6, 6.07) is 12.1. The lowest BCUT2D eigenvalue weighted by Gasteiger charge is -2.25. The molecule has 152 valence electrons. The van der Waals surface area contributed by atoms with E-state index in [1.165, 1.54) is 12.1 Å². The van der Waals surface area contributed by atoms with Crippen molar-refractivity contribution in [3.05, 3.63) is 70.5 Å². The fourth-order valence-electron chi connectivity index (χ4n) is 3.34. The van der Waals surface area contributed by atoms with E-state index in [-0.39, 0.29) is 12.4 Å². The van der Waals surface area contributed by atoms with Crippen molar-refractivity contribution in [2.24, 2.45) is 0 Å². The average molecular weight is 418 g/mol. The normalized spacial score (nSPS) is 18.7. The van der Waals surface area contributed by atoms with Crippen LogP contribution in [0.4, 0.5) is 9.18 Å². The molecule has 0 aromatic heterocycles. The van der Waals surface area contributed by atoms with E-state index in [1.54, 1.807) is 43.3 Å².